The molecule has 0 unspecified atom stereocenters. The summed E-state index contributed by atoms with van der Waals surface area (Å²) in [6.07, 6.45) is 1.69. The monoisotopic (exact) mass is 328 g/mol. The highest BCUT2D eigenvalue weighted by atomic mass is 35.5. The SMILES string of the molecule is NC(=O)c1ccccc1-n1cc(COc2ccc(Cl)cc2)nn1. The number of rotatable bonds is 5. The van der Waals surface area contributed by atoms with Crippen molar-refractivity contribution in [2.24, 2.45) is 5.73 Å². The summed E-state index contributed by atoms with van der Waals surface area (Å²) in [6.45, 7) is 0.250. The third kappa shape index (κ3) is 3.49. The minimum atomic E-state index is -0.518. The van der Waals surface area contributed by atoms with Gasteiger partial charge in [-0.2, -0.15) is 0 Å². The highest BCUT2D eigenvalue weighted by molar-refractivity contribution is 6.30. The molecule has 1 aromatic heterocycles. The average molecular weight is 329 g/mol. The standard InChI is InChI=1S/C16H13ClN4O2/c17-11-5-7-13(8-6-11)23-10-12-9-21(20-19-12)15-4-2-1-3-14(15)16(18)22/h1-9H,10H2,(H2,18,22). The molecular weight excluding hydrogens is 316 g/mol. The van der Waals surface area contributed by atoms with Crippen molar-refractivity contribution in [2.45, 2.75) is 6.61 Å². The van der Waals surface area contributed by atoms with Crippen molar-refractivity contribution in [3.8, 4) is 11.4 Å². The van der Waals surface area contributed by atoms with Gasteiger partial charge >= 0.3 is 0 Å². The Morgan fingerprint density at radius 1 is 1.17 bits per heavy atom. The molecule has 3 aromatic rings. The maximum atomic E-state index is 11.5. The molecule has 0 saturated heterocycles. The molecule has 2 aromatic carbocycles. The fourth-order valence-corrected chi connectivity index (χ4v) is 2.18. The molecule has 1 heterocycles. The van der Waals surface area contributed by atoms with E-state index in [0.29, 0.717) is 27.7 Å². The number of carbonyl (C=O) groups excluding carboxylic acids is 1. The van der Waals surface area contributed by atoms with Crippen molar-refractivity contribution in [2.75, 3.05) is 0 Å². The number of aromatic nitrogens is 3. The van der Waals surface area contributed by atoms with E-state index in [1.165, 1.54) is 4.68 Å². The first kappa shape index (κ1) is 15.1. The zero-order valence-corrected chi connectivity index (χ0v) is 12.8. The number of benzene rings is 2. The smallest absolute Gasteiger partial charge is 0.250 e. The lowest BCUT2D eigenvalue weighted by Crippen LogP contribution is -2.14. The van der Waals surface area contributed by atoms with Crippen LogP contribution >= 0.6 is 11.6 Å². The molecule has 0 aliphatic rings. The van der Waals surface area contributed by atoms with Crippen LogP contribution in [0.2, 0.25) is 5.02 Å². The van der Waals surface area contributed by atoms with E-state index in [-0.39, 0.29) is 6.61 Å². The van der Waals surface area contributed by atoms with E-state index < -0.39 is 5.91 Å². The Balaban J connectivity index is 1.76. The zero-order valence-electron chi connectivity index (χ0n) is 12.0. The summed E-state index contributed by atoms with van der Waals surface area (Å²) in [4.78, 5) is 11.5. The largest absolute Gasteiger partial charge is 0.487 e. The van der Waals surface area contributed by atoms with Crippen LogP contribution in [-0.4, -0.2) is 20.9 Å². The molecule has 1 amide bonds. The van der Waals surface area contributed by atoms with Crippen LogP contribution in [0.3, 0.4) is 0 Å². The fraction of sp³-hybridized carbons (Fsp3) is 0.0625. The first-order chi connectivity index (χ1) is 11.1. The van der Waals surface area contributed by atoms with Crippen LogP contribution in [0.4, 0.5) is 0 Å². The van der Waals surface area contributed by atoms with E-state index in [9.17, 15) is 4.79 Å². The third-order valence-electron chi connectivity index (χ3n) is 3.16. The first-order valence-corrected chi connectivity index (χ1v) is 7.20. The van der Waals surface area contributed by atoms with Gasteiger partial charge in [0.05, 0.1) is 17.4 Å². The second-order valence-electron chi connectivity index (χ2n) is 4.78. The van der Waals surface area contributed by atoms with Crippen LogP contribution in [-0.2, 0) is 6.61 Å². The van der Waals surface area contributed by atoms with Crippen LogP contribution in [0.15, 0.2) is 54.7 Å². The Hall–Kier alpha value is -2.86. The predicted molar refractivity (Wildman–Crippen MR) is 85.7 cm³/mol. The van der Waals surface area contributed by atoms with Gasteiger partial charge in [-0.15, -0.1) is 5.10 Å². The van der Waals surface area contributed by atoms with Crippen molar-refractivity contribution >= 4 is 17.5 Å². The summed E-state index contributed by atoms with van der Waals surface area (Å²) in [5, 5.41) is 8.69. The normalized spacial score (nSPS) is 10.5. The van der Waals surface area contributed by atoms with Crippen molar-refractivity contribution in [1.82, 2.24) is 15.0 Å². The number of hydrogen-bond donors (Lipinski definition) is 1. The topological polar surface area (TPSA) is 83.0 Å². The number of carbonyl (C=O) groups is 1. The van der Waals surface area contributed by atoms with Gasteiger partial charge < -0.3 is 10.5 Å². The molecule has 7 heteroatoms. The summed E-state index contributed by atoms with van der Waals surface area (Å²) in [5.74, 6) is 0.163. The summed E-state index contributed by atoms with van der Waals surface area (Å²) in [7, 11) is 0. The molecule has 0 saturated carbocycles. The maximum absolute atomic E-state index is 11.5. The third-order valence-corrected chi connectivity index (χ3v) is 3.41. The zero-order chi connectivity index (χ0) is 16.2. The molecular formula is C16H13ClN4O2. The number of ether oxygens (including phenoxy) is 1. The number of halogens is 1. The number of nitrogens with zero attached hydrogens (tertiary/aromatic N) is 3. The van der Waals surface area contributed by atoms with Crippen molar-refractivity contribution in [3.63, 3.8) is 0 Å². The van der Waals surface area contributed by atoms with Gasteiger partial charge in [-0.3, -0.25) is 4.79 Å². The van der Waals surface area contributed by atoms with Crippen molar-refractivity contribution < 1.29 is 9.53 Å². The molecule has 116 valence electrons. The van der Waals surface area contributed by atoms with E-state index in [4.69, 9.17) is 22.1 Å². The van der Waals surface area contributed by atoms with Gasteiger partial charge in [0.25, 0.3) is 5.91 Å². The fourth-order valence-electron chi connectivity index (χ4n) is 2.05. The lowest BCUT2D eigenvalue weighted by atomic mass is 10.1. The minimum absolute atomic E-state index is 0.250. The van der Waals surface area contributed by atoms with E-state index in [1.54, 1.807) is 54.7 Å². The Morgan fingerprint density at radius 3 is 2.65 bits per heavy atom. The lowest BCUT2D eigenvalue weighted by molar-refractivity contribution is 0.1000. The number of hydrogen-bond acceptors (Lipinski definition) is 4. The second-order valence-corrected chi connectivity index (χ2v) is 5.21. The quantitative estimate of drug-likeness (QED) is 0.780. The summed E-state index contributed by atoms with van der Waals surface area (Å²) < 4.78 is 7.11. The highest BCUT2D eigenvalue weighted by Crippen LogP contribution is 2.17. The van der Waals surface area contributed by atoms with Gasteiger partial charge in [-0.1, -0.05) is 28.9 Å². The average Bonchev–Trinajstić information content (AvgIpc) is 3.03. The second kappa shape index (κ2) is 6.50. The van der Waals surface area contributed by atoms with Gasteiger partial charge in [-0.25, -0.2) is 4.68 Å². The van der Waals surface area contributed by atoms with E-state index in [1.807, 2.05) is 0 Å². The van der Waals surface area contributed by atoms with E-state index in [0.717, 1.165) is 0 Å². The summed E-state index contributed by atoms with van der Waals surface area (Å²) in [6, 6.07) is 14.0. The molecule has 0 aliphatic carbocycles. The Morgan fingerprint density at radius 2 is 1.91 bits per heavy atom. The lowest BCUT2D eigenvalue weighted by Gasteiger charge is -2.05. The van der Waals surface area contributed by atoms with Gasteiger partial charge in [-0.05, 0) is 36.4 Å². The summed E-state index contributed by atoms with van der Waals surface area (Å²) in [5.41, 5.74) is 6.95. The molecule has 0 fully saturated rings. The van der Waals surface area contributed by atoms with Gasteiger partial charge in [0.2, 0.25) is 0 Å². The molecule has 3 rings (SSSR count). The van der Waals surface area contributed by atoms with Crippen LogP contribution in [0.5, 0.6) is 5.75 Å². The first-order valence-electron chi connectivity index (χ1n) is 6.82. The van der Waals surface area contributed by atoms with Gasteiger partial charge in [0, 0.05) is 5.02 Å². The summed E-state index contributed by atoms with van der Waals surface area (Å²) >= 11 is 5.82. The number of amides is 1. The Labute approximate surface area is 137 Å². The molecule has 0 spiro atoms. The van der Waals surface area contributed by atoms with Gasteiger partial charge in [0.15, 0.2) is 0 Å². The molecule has 0 atom stereocenters. The number of para-hydroxylation sites is 1. The molecule has 6 nitrogen and oxygen atoms in total. The molecule has 0 radical (unpaired) electrons. The Bertz CT molecular complexity index is 830. The number of primary amides is 1. The number of nitrogens with two attached hydrogens (primary N) is 1. The predicted octanol–water partition coefficient (Wildman–Crippen LogP) is 2.60. The molecule has 2 N–H and O–H groups in total. The van der Waals surface area contributed by atoms with E-state index >= 15 is 0 Å². The van der Waals surface area contributed by atoms with Crippen LogP contribution in [0.1, 0.15) is 16.1 Å². The van der Waals surface area contributed by atoms with E-state index in [2.05, 4.69) is 10.3 Å². The van der Waals surface area contributed by atoms with Crippen molar-refractivity contribution in [1.29, 1.82) is 0 Å². The van der Waals surface area contributed by atoms with Crippen molar-refractivity contribution in [3.05, 3.63) is 71.0 Å². The molecule has 23 heavy (non-hydrogen) atoms. The van der Waals surface area contributed by atoms with Crippen LogP contribution in [0, 0.1) is 0 Å². The molecule has 0 bridgehead atoms. The van der Waals surface area contributed by atoms with Crippen LogP contribution < -0.4 is 10.5 Å². The highest BCUT2D eigenvalue weighted by Gasteiger charge is 2.11. The molecule has 0 aliphatic heterocycles. The van der Waals surface area contributed by atoms with Gasteiger partial charge in [0.1, 0.15) is 18.1 Å². The Kier molecular flexibility index (Phi) is 4.25. The minimum Gasteiger partial charge on any atom is -0.487 e. The van der Waals surface area contributed by atoms with Crippen LogP contribution in [0.25, 0.3) is 5.69 Å². The maximum Gasteiger partial charge on any atom is 0.250 e.